The van der Waals surface area contributed by atoms with Gasteiger partial charge in [0.05, 0.1) is 13.2 Å². The number of aromatic amines is 1. The highest BCUT2D eigenvalue weighted by atomic mass is 16.5. The van der Waals surface area contributed by atoms with Gasteiger partial charge in [0.1, 0.15) is 5.49 Å². The predicted molar refractivity (Wildman–Crippen MR) is 159 cm³/mol. The molecule has 41 heavy (non-hydrogen) atoms. The zero-order valence-corrected chi connectivity index (χ0v) is 23.9. The molecule has 1 aromatic heterocycles. The average Bonchev–Trinajstić information content (AvgIpc) is 3.01. The van der Waals surface area contributed by atoms with Gasteiger partial charge in [0.15, 0.2) is 0 Å². The van der Waals surface area contributed by atoms with E-state index in [9.17, 15) is 9.59 Å². The summed E-state index contributed by atoms with van der Waals surface area (Å²) in [5.41, 5.74) is 3.90. The molecular formula is C30H40N8O3. The lowest BCUT2D eigenvalue weighted by Crippen LogP contribution is -2.49. The molecule has 11 nitrogen and oxygen atoms in total. The molecule has 0 atom stereocenters. The summed E-state index contributed by atoms with van der Waals surface area (Å²) < 4.78 is 5.36. The van der Waals surface area contributed by atoms with Gasteiger partial charge in [-0.25, -0.2) is 4.79 Å². The molecule has 4 heterocycles. The average molecular weight is 561 g/mol. The first-order valence-electron chi connectivity index (χ1n) is 14.3. The molecule has 2 saturated heterocycles. The fourth-order valence-electron chi connectivity index (χ4n) is 5.55. The van der Waals surface area contributed by atoms with Gasteiger partial charge < -0.3 is 34.6 Å². The number of carbonyl (C=O) groups is 2. The first-order valence-corrected chi connectivity index (χ1v) is 14.3. The van der Waals surface area contributed by atoms with Gasteiger partial charge in [0, 0.05) is 62.3 Å². The fourth-order valence-corrected chi connectivity index (χ4v) is 5.55. The molecule has 0 radical (unpaired) electrons. The summed E-state index contributed by atoms with van der Waals surface area (Å²) in [4.78, 5) is 41.4. The van der Waals surface area contributed by atoms with Gasteiger partial charge in [-0.1, -0.05) is 6.08 Å². The Balaban J connectivity index is 1.21. The fraction of sp³-hybridized carbons (Fsp3) is 0.467. The van der Waals surface area contributed by atoms with Crippen LogP contribution in [0.25, 0.3) is 5.57 Å². The van der Waals surface area contributed by atoms with Crippen molar-refractivity contribution in [3.05, 3.63) is 65.3 Å². The Morgan fingerprint density at radius 1 is 1.05 bits per heavy atom. The SMILES string of the molecule is CN1CCC(N(C)C(=O)c2ccc(NC(=N)/N=c3\[nH]cccc3C3=CCN(C(=O)N4CCOCC4)CC3)cc2)CC1. The molecule has 11 heteroatoms. The molecule has 3 aliphatic heterocycles. The molecule has 218 valence electrons. The van der Waals surface area contributed by atoms with Crippen LogP contribution >= 0.6 is 0 Å². The van der Waals surface area contributed by atoms with Crippen molar-refractivity contribution < 1.29 is 14.3 Å². The number of morpholine rings is 1. The highest BCUT2D eigenvalue weighted by molar-refractivity contribution is 5.96. The molecule has 2 aromatic rings. The lowest BCUT2D eigenvalue weighted by molar-refractivity contribution is 0.0441. The van der Waals surface area contributed by atoms with E-state index in [1.807, 2.05) is 33.9 Å². The van der Waals surface area contributed by atoms with E-state index in [0.717, 1.165) is 37.1 Å². The van der Waals surface area contributed by atoms with Crippen LogP contribution in [0.15, 0.2) is 53.7 Å². The lowest BCUT2D eigenvalue weighted by Gasteiger charge is -2.35. The van der Waals surface area contributed by atoms with Crippen LogP contribution in [0.5, 0.6) is 0 Å². The van der Waals surface area contributed by atoms with Crippen molar-refractivity contribution >= 4 is 29.2 Å². The number of amides is 3. The normalized spacial score (nSPS) is 19.1. The quantitative estimate of drug-likeness (QED) is 0.392. The van der Waals surface area contributed by atoms with Gasteiger partial charge in [0.25, 0.3) is 5.91 Å². The Labute approximate surface area is 241 Å². The number of rotatable bonds is 4. The number of pyridine rings is 1. The number of anilines is 1. The molecule has 3 amide bonds. The van der Waals surface area contributed by atoms with Gasteiger partial charge in [0.2, 0.25) is 5.96 Å². The Kier molecular flexibility index (Phi) is 9.15. The highest BCUT2D eigenvalue weighted by Crippen LogP contribution is 2.21. The van der Waals surface area contributed by atoms with Crippen molar-refractivity contribution in [1.29, 1.82) is 5.41 Å². The molecule has 2 fully saturated rings. The second-order valence-corrected chi connectivity index (χ2v) is 10.9. The summed E-state index contributed by atoms with van der Waals surface area (Å²) in [7, 11) is 4.00. The number of likely N-dealkylation sites (tertiary alicyclic amines) is 1. The number of hydrogen-bond acceptors (Lipinski definition) is 5. The third-order valence-corrected chi connectivity index (χ3v) is 8.12. The zero-order valence-electron chi connectivity index (χ0n) is 23.9. The van der Waals surface area contributed by atoms with E-state index < -0.39 is 0 Å². The summed E-state index contributed by atoms with van der Waals surface area (Å²) >= 11 is 0. The first-order chi connectivity index (χ1) is 19.9. The molecular weight excluding hydrogens is 520 g/mol. The molecule has 1 aromatic carbocycles. The van der Waals surface area contributed by atoms with Gasteiger partial charge >= 0.3 is 6.03 Å². The third-order valence-electron chi connectivity index (χ3n) is 8.12. The Morgan fingerprint density at radius 3 is 2.46 bits per heavy atom. The van der Waals surface area contributed by atoms with Crippen molar-refractivity contribution in [1.82, 2.24) is 24.6 Å². The van der Waals surface area contributed by atoms with Crippen molar-refractivity contribution in [3.8, 4) is 0 Å². The molecule has 3 aliphatic rings. The molecule has 0 unspecified atom stereocenters. The van der Waals surface area contributed by atoms with Crippen LogP contribution in [0.2, 0.25) is 0 Å². The maximum atomic E-state index is 13.0. The predicted octanol–water partition coefficient (Wildman–Crippen LogP) is 2.67. The van der Waals surface area contributed by atoms with E-state index in [1.165, 1.54) is 0 Å². The van der Waals surface area contributed by atoms with E-state index in [4.69, 9.17) is 10.1 Å². The smallest absolute Gasteiger partial charge is 0.320 e. The molecule has 0 saturated carbocycles. The van der Waals surface area contributed by atoms with E-state index in [2.05, 4.69) is 33.3 Å². The van der Waals surface area contributed by atoms with E-state index >= 15 is 0 Å². The van der Waals surface area contributed by atoms with Crippen LogP contribution in [-0.4, -0.2) is 115 Å². The van der Waals surface area contributed by atoms with Gasteiger partial charge in [-0.3, -0.25) is 10.2 Å². The second-order valence-electron chi connectivity index (χ2n) is 10.9. The number of guanidine groups is 1. The summed E-state index contributed by atoms with van der Waals surface area (Å²) in [6.45, 7) is 5.60. The maximum absolute atomic E-state index is 13.0. The monoisotopic (exact) mass is 560 g/mol. The van der Waals surface area contributed by atoms with E-state index in [-0.39, 0.29) is 23.9 Å². The topological polar surface area (TPSA) is 120 Å². The number of piperidine rings is 1. The molecule has 3 N–H and O–H groups in total. The number of carbonyl (C=O) groups excluding carboxylic acids is 2. The molecule has 0 bridgehead atoms. The highest BCUT2D eigenvalue weighted by Gasteiger charge is 2.26. The number of urea groups is 1. The van der Waals surface area contributed by atoms with Crippen molar-refractivity contribution in [2.45, 2.75) is 25.3 Å². The van der Waals surface area contributed by atoms with Gasteiger partial charge in [-0.15, -0.1) is 0 Å². The first kappa shape index (κ1) is 28.6. The van der Waals surface area contributed by atoms with Crippen molar-refractivity contribution in [2.75, 3.05) is 71.9 Å². The molecule has 0 aliphatic carbocycles. The largest absolute Gasteiger partial charge is 0.378 e. The Hall–Kier alpha value is -3.96. The Bertz CT molecular complexity index is 1340. The maximum Gasteiger partial charge on any atom is 0.320 e. The minimum atomic E-state index is -0.0169. The van der Waals surface area contributed by atoms with Gasteiger partial charge in [-0.05, 0) is 81.4 Å². The summed E-state index contributed by atoms with van der Waals surface area (Å²) in [5, 5.41) is 11.5. The minimum Gasteiger partial charge on any atom is -0.378 e. The van der Waals surface area contributed by atoms with Crippen molar-refractivity contribution in [2.24, 2.45) is 4.99 Å². The Morgan fingerprint density at radius 2 is 1.78 bits per heavy atom. The van der Waals surface area contributed by atoms with Crippen LogP contribution in [0, 0.1) is 5.41 Å². The number of nitrogens with zero attached hydrogens (tertiary/aromatic N) is 5. The van der Waals surface area contributed by atoms with Crippen LogP contribution in [0.3, 0.4) is 0 Å². The van der Waals surface area contributed by atoms with Crippen LogP contribution < -0.4 is 10.8 Å². The number of aromatic nitrogens is 1. The van der Waals surface area contributed by atoms with Crippen LogP contribution in [0.1, 0.15) is 35.2 Å². The number of benzene rings is 1. The molecule has 5 rings (SSSR count). The molecule has 0 spiro atoms. The second kappa shape index (κ2) is 13.1. The number of ether oxygens (including phenoxy) is 1. The number of H-pyrrole nitrogens is 1. The van der Waals surface area contributed by atoms with Crippen LogP contribution in [0.4, 0.5) is 10.5 Å². The summed E-state index contributed by atoms with van der Waals surface area (Å²) in [5.74, 6) is -0.00267. The van der Waals surface area contributed by atoms with E-state index in [1.54, 1.807) is 30.5 Å². The lowest BCUT2D eigenvalue weighted by atomic mass is 10.0. The zero-order chi connectivity index (χ0) is 28.8. The standard InChI is InChI=1S/C30H40N8O3/c1-35-14-11-25(12-15-35)36(2)28(39)23-5-7-24(8-6-23)33-29(31)34-27-26(4-3-13-32-27)22-9-16-37(17-10-22)30(40)38-18-20-41-21-19-38/h3-9,13,25H,10-12,14-21H2,1-2H3,(H3,31,32,33,34). The summed E-state index contributed by atoms with van der Waals surface area (Å²) in [6, 6.07) is 11.4. The number of hydrogen-bond donors (Lipinski definition) is 3. The van der Waals surface area contributed by atoms with Crippen molar-refractivity contribution in [3.63, 3.8) is 0 Å². The summed E-state index contributed by atoms with van der Waals surface area (Å²) in [6.07, 6.45) is 6.53. The number of nitrogens with one attached hydrogen (secondary N) is 3. The van der Waals surface area contributed by atoms with E-state index in [0.29, 0.717) is 62.6 Å². The minimum absolute atomic E-state index is 0.0142. The third kappa shape index (κ3) is 7.04. The van der Waals surface area contributed by atoms with Crippen LogP contribution in [-0.2, 0) is 4.74 Å². The van der Waals surface area contributed by atoms with Gasteiger partial charge in [-0.2, -0.15) is 4.99 Å².